The lowest BCUT2D eigenvalue weighted by atomic mass is 9.74. The third-order valence-electron chi connectivity index (χ3n) is 2.38. The standard InChI is InChI=1S/C7H15NO2S/c1-5(2)6-3-7(4-6)8-11(9)10/h5-8H,3-4H2,1-2H3,(H,9,10). The second-order valence-electron chi connectivity index (χ2n) is 3.54. The maximum atomic E-state index is 10.3. The number of hydrogen-bond donors (Lipinski definition) is 2. The Kier molecular flexibility index (Phi) is 3.04. The molecule has 1 aliphatic rings. The number of nitrogens with one attached hydrogen (secondary N) is 1. The lowest BCUT2D eigenvalue weighted by Gasteiger charge is -2.37. The van der Waals surface area contributed by atoms with E-state index in [4.69, 9.17) is 4.55 Å². The maximum absolute atomic E-state index is 10.3. The van der Waals surface area contributed by atoms with Gasteiger partial charge in [0.15, 0.2) is 0 Å². The molecule has 3 nitrogen and oxygen atoms in total. The minimum absolute atomic E-state index is 0.272. The van der Waals surface area contributed by atoms with Gasteiger partial charge in [-0.25, -0.2) is 8.93 Å². The van der Waals surface area contributed by atoms with Crippen LogP contribution in [-0.4, -0.2) is 14.8 Å². The van der Waals surface area contributed by atoms with Crippen molar-refractivity contribution in [3.05, 3.63) is 0 Å². The van der Waals surface area contributed by atoms with Crippen LogP contribution in [0.5, 0.6) is 0 Å². The van der Waals surface area contributed by atoms with Crippen LogP contribution in [0.1, 0.15) is 26.7 Å². The van der Waals surface area contributed by atoms with Crippen LogP contribution in [0, 0.1) is 11.8 Å². The van der Waals surface area contributed by atoms with Crippen LogP contribution >= 0.6 is 0 Å². The zero-order chi connectivity index (χ0) is 8.43. The molecule has 0 spiro atoms. The molecule has 0 aromatic carbocycles. The van der Waals surface area contributed by atoms with Crippen molar-refractivity contribution >= 4 is 11.3 Å². The summed E-state index contributed by atoms with van der Waals surface area (Å²) in [5.41, 5.74) is 0. The molecule has 0 aromatic rings. The van der Waals surface area contributed by atoms with Crippen molar-refractivity contribution in [2.24, 2.45) is 11.8 Å². The van der Waals surface area contributed by atoms with E-state index in [0.29, 0.717) is 5.92 Å². The first-order valence-corrected chi connectivity index (χ1v) is 5.07. The minimum atomic E-state index is -1.82. The Morgan fingerprint density at radius 1 is 1.55 bits per heavy atom. The van der Waals surface area contributed by atoms with Crippen molar-refractivity contribution in [1.82, 2.24) is 4.72 Å². The molecule has 0 amide bonds. The van der Waals surface area contributed by atoms with Gasteiger partial charge in [0.1, 0.15) is 0 Å². The lowest BCUT2D eigenvalue weighted by Crippen LogP contribution is -2.43. The van der Waals surface area contributed by atoms with Crippen LogP contribution < -0.4 is 4.72 Å². The Balaban J connectivity index is 2.14. The average molecular weight is 177 g/mol. The molecule has 66 valence electrons. The molecule has 0 aliphatic heterocycles. The van der Waals surface area contributed by atoms with Crippen LogP contribution in [0.3, 0.4) is 0 Å². The van der Waals surface area contributed by atoms with Gasteiger partial charge in [0, 0.05) is 6.04 Å². The zero-order valence-electron chi connectivity index (χ0n) is 6.91. The van der Waals surface area contributed by atoms with E-state index < -0.39 is 11.3 Å². The predicted octanol–water partition coefficient (Wildman–Crippen LogP) is 1.15. The molecule has 1 aliphatic carbocycles. The molecular weight excluding hydrogens is 162 g/mol. The Labute approximate surface area is 70.0 Å². The van der Waals surface area contributed by atoms with Crippen molar-refractivity contribution in [2.75, 3.05) is 0 Å². The van der Waals surface area contributed by atoms with Crippen LogP contribution in [0.4, 0.5) is 0 Å². The van der Waals surface area contributed by atoms with E-state index in [9.17, 15) is 4.21 Å². The molecule has 0 radical (unpaired) electrons. The second kappa shape index (κ2) is 3.65. The zero-order valence-corrected chi connectivity index (χ0v) is 7.73. The number of hydrogen-bond acceptors (Lipinski definition) is 1. The Morgan fingerprint density at radius 3 is 2.45 bits per heavy atom. The molecule has 0 bridgehead atoms. The summed E-state index contributed by atoms with van der Waals surface area (Å²) in [6.07, 6.45) is 2.09. The fourth-order valence-corrected chi connectivity index (χ4v) is 1.92. The molecule has 1 fully saturated rings. The van der Waals surface area contributed by atoms with Gasteiger partial charge in [0.25, 0.3) is 0 Å². The molecule has 0 saturated heterocycles. The van der Waals surface area contributed by atoms with E-state index in [2.05, 4.69) is 18.6 Å². The van der Waals surface area contributed by atoms with Crippen molar-refractivity contribution in [3.63, 3.8) is 0 Å². The SMILES string of the molecule is CC(C)C1CC(NS(=O)O)C1. The third-order valence-corrected chi connectivity index (χ3v) is 2.92. The topological polar surface area (TPSA) is 49.3 Å². The summed E-state index contributed by atoms with van der Waals surface area (Å²) >= 11 is -1.82. The highest BCUT2D eigenvalue weighted by molar-refractivity contribution is 7.77. The van der Waals surface area contributed by atoms with Gasteiger partial charge in [-0.15, -0.1) is 0 Å². The molecule has 1 saturated carbocycles. The summed E-state index contributed by atoms with van der Waals surface area (Å²) in [6.45, 7) is 4.38. The summed E-state index contributed by atoms with van der Waals surface area (Å²) in [7, 11) is 0. The quantitative estimate of drug-likeness (QED) is 0.635. The Bertz CT molecular complexity index is 155. The highest BCUT2D eigenvalue weighted by Gasteiger charge is 2.31. The maximum Gasteiger partial charge on any atom is 0.231 e. The summed E-state index contributed by atoms with van der Waals surface area (Å²) in [6, 6.07) is 0.272. The van der Waals surface area contributed by atoms with Crippen LogP contribution in [0.15, 0.2) is 0 Å². The van der Waals surface area contributed by atoms with Crippen molar-refractivity contribution in [2.45, 2.75) is 32.7 Å². The molecule has 1 unspecified atom stereocenters. The van der Waals surface area contributed by atoms with E-state index in [1.807, 2.05) is 0 Å². The average Bonchev–Trinajstić information content (AvgIpc) is 1.75. The third kappa shape index (κ3) is 2.54. The first-order chi connectivity index (χ1) is 5.09. The molecule has 1 rings (SSSR count). The van der Waals surface area contributed by atoms with E-state index in [-0.39, 0.29) is 6.04 Å². The van der Waals surface area contributed by atoms with Crippen LogP contribution in [0.2, 0.25) is 0 Å². The normalized spacial score (nSPS) is 33.5. The molecule has 0 heterocycles. The first kappa shape index (κ1) is 9.16. The summed E-state index contributed by atoms with van der Waals surface area (Å²) in [4.78, 5) is 0. The van der Waals surface area contributed by atoms with Crippen LogP contribution in [-0.2, 0) is 11.3 Å². The molecular formula is C7H15NO2S. The van der Waals surface area contributed by atoms with Crippen molar-refractivity contribution < 1.29 is 8.76 Å². The fraction of sp³-hybridized carbons (Fsp3) is 1.00. The molecule has 2 N–H and O–H groups in total. The molecule has 11 heavy (non-hydrogen) atoms. The van der Waals surface area contributed by atoms with E-state index >= 15 is 0 Å². The molecule has 0 aromatic heterocycles. The lowest BCUT2D eigenvalue weighted by molar-refractivity contribution is 0.186. The van der Waals surface area contributed by atoms with Gasteiger partial charge in [-0.3, -0.25) is 4.55 Å². The summed E-state index contributed by atoms with van der Waals surface area (Å²) in [5, 5.41) is 0. The van der Waals surface area contributed by atoms with Gasteiger partial charge < -0.3 is 0 Å². The monoisotopic (exact) mass is 177 g/mol. The highest BCUT2D eigenvalue weighted by atomic mass is 32.2. The largest absolute Gasteiger partial charge is 0.294 e. The highest BCUT2D eigenvalue weighted by Crippen LogP contribution is 2.33. The predicted molar refractivity (Wildman–Crippen MR) is 45.3 cm³/mol. The van der Waals surface area contributed by atoms with Gasteiger partial charge in [-0.05, 0) is 24.7 Å². The second-order valence-corrected chi connectivity index (χ2v) is 4.27. The van der Waals surface area contributed by atoms with Crippen molar-refractivity contribution in [1.29, 1.82) is 0 Å². The fourth-order valence-electron chi connectivity index (χ4n) is 1.44. The van der Waals surface area contributed by atoms with Crippen molar-refractivity contribution in [3.8, 4) is 0 Å². The smallest absolute Gasteiger partial charge is 0.231 e. The molecule has 4 heteroatoms. The van der Waals surface area contributed by atoms with Gasteiger partial charge >= 0.3 is 0 Å². The van der Waals surface area contributed by atoms with Gasteiger partial charge in [0.2, 0.25) is 11.3 Å². The van der Waals surface area contributed by atoms with Crippen LogP contribution in [0.25, 0.3) is 0 Å². The van der Waals surface area contributed by atoms with E-state index in [1.165, 1.54) is 0 Å². The molecule has 1 atom stereocenters. The number of rotatable bonds is 3. The van der Waals surface area contributed by atoms with Gasteiger partial charge in [0.05, 0.1) is 0 Å². The minimum Gasteiger partial charge on any atom is -0.294 e. The van der Waals surface area contributed by atoms with E-state index in [0.717, 1.165) is 18.8 Å². The first-order valence-electron chi connectivity index (χ1n) is 3.96. The Morgan fingerprint density at radius 2 is 2.09 bits per heavy atom. The summed E-state index contributed by atoms with van der Waals surface area (Å²) < 4.78 is 21.3. The van der Waals surface area contributed by atoms with E-state index in [1.54, 1.807) is 0 Å². The van der Waals surface area contributed by atoms with Gasteiger partial charge in [-0.1, -0.05) is 13.8 Å². The van der Waals surface area contributed by atoms with Gasteiger partial charge in [-0.2, -0.15) is 0 Å². The Hall–Kier alpha value is 0.0700. The summed E-state index contributed by atoms with van der Waals surface area (Å²) in [5.74, 6) is 1.45.